The molecule has 0 bridgehead atoms. The van der Waals surface area contributed by atoms with Crippen molar-refractivity contribution in [3.8, 4) is 0 Å². The van der Waals surface area contributed by atoms with Crippen LogP contribution in [0.5, 0.6) is 0 Å². The summed E-state index contributed by atoms with van der Waals surface area (Å²) >= 11 is 6.08. The second-order valence-corrected chi connectivity index (χ2v) is 12.7. The molecule has 0 saturated carbocycles. The molecule has 2 aromatic carbocycles. The predicted octanol–water partition coefficient (Wildman–Crippen LogP) is 3.79. The van der Waals surface area contributed by atoms with Crippen LogP contribution >= 0.6 is 11.6 Å². The number of hydrogen-bond donors (Lipinski definition) is 2. The Bertz CT molecular complexity index is 1430. The summed E-state index contributed by atoms with van der Waals surface area (Å²) in [4.78, 5) is 39.9. The molecule has 0 radical (unpaired) electrons. The van der Waals surface area contributed by atoms with Crippen LogP contribution in [0.15, 0.2) is 35.2 Å². The highest BCUT2D eigenvalue weighted by molar-refractivity contribution is 7.89. The summed E-state index contributed by atoms with van der Waals surface area (Å²) in [5.41, 5.74) is 4.79. The molecule has 1 unspecified atom stereocenters. The first-order chi connectivity index (χ1) is 18.0. The molecule has 13 heteroatoms. The Morgan fingerprint density at radius 3 is 2.38 bits per heavy atom. The van der Waals surface area contributed by atoms with Gasteiger partial charge in [-0.25, -0.2) is 23.0 Å². The van der Waals surface area contributed by atoms with Crippen molar-refractivity contribution in [1.29, 1.82) is 0 Å². The van der Waals surface area contributed by atoms with Crippen molar-refractivity contribution in [3.05, 3.63) is 57.9 Å². The highest BCUT2D eigenvalue weighted by Gasteiger charge is 2.45. The van der Waals surface area contributed by atoms with Crippen molar-refractivity contribution in [2.45, 2.75) is 64.0 Å². The van der Waals surface area contributed by atoms with Gasteiger partial charge in [-0.15, -0.1) is 0 Å². The minimum Gasteiger partial charge on any atom is -0.443 e. The molecule has 0 fully saturated rings. The first-order valence-electron chi connectivity index (χ1n) is 12.1. The second-order valence-electron chi connectivity index (χ2n) is 10.4. The van der Waals surface area contributed by atoms with Crippen LogP contribution in [0.2, 0.25) is 5.02 Å². The lowest BCUT2D eigenvalue weighted by molar-refractivity contribution is -0.127. The number of halogens is 2. The third-order valence-corrected chi connectivity index (χ3v) is 8.57. The first kappa shape index (κ1) is 30.3. The number of nitrogens with one attached hydrogen (secondary N) is 2. The molecule has 0 saturated heterocycles. The van der Waals surface area contributed by atoms with Crippen LogP contribution in [0.3, 0.4) is 0 Å². The van der Waals surface area contributed by atoms with Gasteiger partial charge in [0, 0.05) is 18.0 Å². The maximum atomic E-state index is 15.2. The standard InChI is InChI=1S/C26H32ClFN4O6S/c1-14-8-10-18(28)22(15(14)2)16(3)23(24(34)29-30-25(35)38-26(4,5)6)32-13-21(33)31(7)19-12-17(27)9-11-20(19)39(32,36)37/h8-12,16,23H,13H2,1-7H3,(H,29,34)(H,30,35)/t16?,23-/m0/s1. The zero-order chi connectivity index (χ0) is 29.4. The second kappa shape index (κ2) is 11.1. The maximum Gasteiger partial charge on any atom is 0.426 e. The fraction of sp³-hybridized carbons (Fsp3) is 0.423. The molecule has 0 aliphatic carbocycles. The Morgan fingerprint density at radius 1 is 1.13 bits per heavy atom. The Morgan fingerprint density at radius 2 is 1.77 bits per heavy atom. The quantitative estimate of drug-likeness (QED) is 0.529. The van der Waals surface area contributed by atoms with E-state index in [4.69, 9.17) is 16.3 Å². The minimum absolute atomic E-state index is 0.0339. The number of benzene rings is 2. The highest BCUT2D eigenvalue weighted by atomic mass is 35.5. The van der Waals surface area contributed by atoms with Gasteiger partial charge < -0.3 is 9.64 Å². The van der Waals surface area contributed by atoms with Crippen molar-refractivity contribution >= 4 is 45.2 Å². The number of aryl methyl sites for hydroxylation is 1. The molecule has 0 spiro atoms. The molecule has 10 nitrogen and oxygen atoms in total. The number of carbonyl (C=O) groups is 3. The van der Waals surface area contributed by atoms with Gasteiger partial charge in [-0.3, -0.25) is 15.0 Å². The molecular formula is C26H32ClFN4O6S. The van der Waals surface area contributed by atoms with Gasteiger partial charge in [0.05, 0.1) is 12.2 Å². The average Bonchev–Trinajstić information content (AvgIpc) is 2.88. The summed E-state index contributed by atoms with van der Waals surface area (Å²) in [6.07, 6.45) is -0.991. The fourth-order valence-electron chi connectivity index (χ4n) is 4.42. The van der Waals surface area contributed by atoms with Gasteiger partial charge in [0.15, 0.2) is 0 Å². The van der Waals surface area contributed by atoms with Crippen LogP contribution in [-0.2, 0) is 24.3 Å². The summed E-state index contributed by atoms with van der Waals surface area (Å²) in [5, 5.41) is 0.207. The molecule has 1 heterocycles. The van der Waals surface area contributed by atoms with E-state index in [1.54, 1.807) is 40.7 Å². The minimum atomic E-state index is -4.52. The zero-order valence-corrected chi connectivity index (χ0v) is 24.3. The molecule has 1 aliphatic heterocycles. The van der Waals surface area contributed by atoms with Gasteiger partial charge in [0.1, 0.15) is 22.4 Å². The van der Waals surface area contributed by atoms with Crippen LogP contribution in [-0.4, -0.2) is 55.9 Å². The van der Waals surface area contributed by atoms with E-state index in [0.29, 0.717) is 5.56 Å². The number of hydrazine groups is 1. The number of hydrogen-bond acceptors (Lipinski definition) is 6. The fourth-order valence-corrected chi connectivity index (χ4v) is 6.40. The number of amides is 3. The molecule has 3 rings (SSSR count). The number of anilines is 1. The summed E-state index contributed by atoms with van der Waals surface area (Å²) in [7, 11) is -3.13. The monoisotopic (exact) mass is 582 g/mol. The summed E-state index contributed by atoms with van der Waals surface area (Å²) in [6, 6.07) is 5.08. The molecular weight excluding hydrogens is 551 g/mol. The van der Waals surface area contributed by atoms with Gasteiger partial charge >= 0.3 is 6.09 Å². The molecule has 2 atom stereocenters. The van der Waals surface area contributed by atoms with E-state index in [1.807, 2.05) is 0 Å². The summed E-state index contributed by atoms with van der Waals surface area (Å²) in [6.45, 7) is 9.04. The van der Waals surface area contributed by atoms with Crippen molar-refractivity contribution in [3.63, 3.8) is 0 Å². The number of ether oxygens (including phenoxy) is 1. The van der Waals surface area contributed by atoms with E-state index < -0.39 is 57.9 Å². The molecule has 3 amide bonds. The van der Waals surface area contributed by atoms with Gasteiger partial charge in [0.25, 0.3) is 5.91 Å². The SMILES string of the molecule is Cc1ccc(F)c(C(C)[C@@H](C(=O)NNC(=O)OC(C)(C)C)N2CC(=O)N(C)c3cc(Cl)ccc3S2(=O)=O)c1C. The zero-order valence-electron chi connectivity index (χ0n) is 22.8. The van der Waals surface area contributed by atoms with Gasteiger partial charge in [-0.1, -0.05) is 24.6 Å². The van der Waals surface area contributed by atoms with Gasteiger partial charge in [-0.2, -0.15) is 4.31 Å². The number of fused-ring (bicyclic) bond motifs is 1. The first-order valence-corrected chi connectivity index (χ1v) is 13.9. The molecule has 2 aromatic rings. The number of sulfonamides is 1. The van der Waals surface area contributed by atoms with E-state index in [9.17, 15) is 22.8 Å². The molecule has 1 aliphatic rings. The predicted molar refractivity (Wildman–Crippen MR) is 144 cm³/mol. The summed E-state index contributed by atoms with van der Waals surface area (Å²) < 4.78 is 49.0. The van der Waals surface area contributed by atoms with E-state index in [2.05, 4.69) is 10.9 Å². The third-order valence-electron chi connectivity index (χ3n) is 6.46. The summed E-state index contributed by atoms with van der Waals surface area (Å²) in [5.74, 6) is -3.38. The lowest BCUT2D eigenvalue weighted by Crippen LogP contribution is -2.57. The maximum absolute atomic E-state index is 15.2. The topological polar surface area (TPSA) is 125 Å². The largest absolute Gasteiger partial charge is 0.443 e. The van der Waals surface area contributed by atoms with Gasteiger partial charge in [-0.05, 0) is 75.6 Å². The number of likely N-dealkylation sites (N-methyl/N-ethyl adjacent to an activating group) is 1. The highest BCUT2D eigenvalue weighted by Crippen LogP contribution is 2.37. The molecule has 39 heavy (non-hydrogen) atoms. The number of nitrogens with zero attached hydrogens (tertiary/aromatic N) is 2. The Hall–Kier alpha value is -3.22. The number of rotatable bonds is 4. The molecule has 2 N–H and O–H groups in total. The lowest BCUT2D eigenvalue weighted by atomic mass is 9.87. The van der Waals surface area contributed by atoms with E-state index in [1.165, 1.54) is 38.2 Å². The van der Waals surface area contributed by atoms with E-state index in [0.717, 1.165) is 14.8 Å². The van der Waals surface area contributed by atoms with Crippen molar-refractivity contribution < 1.29 is 31.9 Å². The average molecular weight is 583 g/mol. The Kier molecular flexibility index (Phi) is 8.63. The van der Waals surface area contributed by atoms with Crippen molar-refractivity contribution in [1.82, 2.24) is 15.2 Å². The van der Waals surface area contributed by atoms with Crippen molar-refractivity contribution in [2.24, 2.45) is 0 Å². The van der Waals surface area contributed by atoms with Crippen LogP contribution < -0.4 is 15.8 Å². The Balaban J connectivity index is 2.16. The number of carbonyl (C=O) groups excluding carboxylic acids is 3. The van der Waals surface area contributed by atoms with Crippen LogP contribution in [0.4, 0.5) is 14.9 Å². The van der Waals surface area contributed by atoms with Crippen molar-refractivity contribution in [2.75, 3.05) is 18.5 Å². The van der Waals surface area contributed by atoms with Gasteiger partial charge in [0.2, 0.25) is 15.9 Å². The van der Waals surface area contributed by atoms with E-state index >= 15 is 4.39 Å². The van der Waals surface area contributed by atoms with Crippen LogP contribution in [0, 0.1) is 19.7 Å². The normalized spacial score (nSPS) is 17.1. The Labute approximate surface area is 232 Å². The molecule has 212 valence electrons. The third kappa shape index (κ3) is 6.34. The van der Waals surface area contributed by atoms with E-state index in [-0.39, 0.29) is 21.2 Å². The lowest BCUT2D eigenvalue weighted by Gasteiger charge is -2.33. The van der Waals surface area contributed by atoms with Crippen LogP contribution in [0.1, 0.15) is 50.3 Å². The smallest absolute Gasteiger partial charge is 0.426 e. The van der Waals surface area contributed by atoms with Crippen LogP contribution in [0.25, 0.3) is 0 Å². The molecule has 0 aromatic heterocycles.